The second-order valence-electron chi connectivity index (χ2n) is 6.90. The van der Waals surface area contributed by atoms with Crippen LogP contribution in [0, 0.1) is 0 Å². The molecule has 0 spiro atoms. The first kappa shape index (κ1) is 20.8. The van der Waals surface area contributed by atoms with Crippen molar-refractivity contribution < 1.29 is 9.53 Å². The molecule has 1 fully saturated rings. The van der Waals surface area contributed by atoms with E-state index in [0.29, 0.717) is 5.56 Å². The average Bonchev–Trinajstić information content (AvgIpc) is 2.75. The number of piperidine rings is 1. The first-order chi connectivity index (χ1) is 13.8. The van der Waals surface area contributed by atoms with E-state index in [-0.39, 0.29) is 18.1 Å². The Hall–Kier alpha value is -1.96. The minimum Gasteiger partial charge on any atom is -0.378 e. The molecule has 2 heterocycles. The molecule has 1 saturated heterocycles. The van der Waals surface area contributed by atoms with E-state index >= 15 is 0 Å². The molecule has 6 nitrogen and oxygen atoms in total. The number of nitrogens with zero attached hydrogens (tertiary/aromatic N) is 3. The van der Waals surface area contributed by atoms with Crippen LogP contribution in [0.25, 0.3) is 0 Å². The summed E-state index contributed by atoms with van der Waals surface area (Å²) in [7, 11) is 1.73. The van der Waals surface area contributed by atoms with Crippen molar-refractivity contribution in [1.29, 1.82) is 0 Å². The number of likely N-dealkylation sites (tertiary alicyclic amines) is 1. The highest BCUT2D eigenvalue weighted by Gasteiger charge is 2.30. The molecular formula is C21H28N4O2S. The molecule has 1 aliphatic rings. The van der Waals surface area contributed by atoms with Crippen molar-refractivity contribution >= 4 is 17.7 Å². The van der Waals surface area contributed by atoms with Gasteiger partial charge in [0.2, 0.25) is 0 Å². The number of carbonyl (C=O) groups excluding carboxylic acids is 1. The predicted octanol–water partition coefficient (Wildman–Crippen LogP) is 2.87. The lowest BCUT2D eigenvalue weighted by Crippen LogP contribution is -2.54. The van der Waals surface area contributed by atoms with Crippen molar-refractivity contribution in [2.75, 3.05) is 32.5 Å². The summed E-state index contributed by atoms with van der Waals surface area (Å²) in [5.74, 6) is 1.00. The van der Waals surface area contributed by atoms with Crippen LogP contribution in [0.5, 0.6) is 0 Å². The topological polar surface area (TPSA) is 67.3 Å². The van der Waals surface area contributed by atoms with E-state index in [1.54, 1.807) is 31.3 Å². The zero-order chi connectivity index (χ0) is 19.6. The number of thioether (sulfide) groups is 1. The number of carbonyl (C=O) groups is 1. The van der Waals surface area contributed by atoms with Crippen LogP contribution in [0.2, 0.25) is 0 Å². The monoisotopic (exact) mass is 400 g/mol. The van der Waals surface area contributed by atoms with Gasteiger partial charge in [-0.3, -0.25) is 4.79 Å². The van der Waals surface area contributed by atoms with Crippen LogP contribution in [-0.4, -0.2) is 65.4 Å². The van der Waals surface area contributed by atoms with Gasteiger partial charge in [-0.2, -0.15) is 0 Å². The standard InChI is InChI=1S/C21H28N4O2S/c1-27-19-16-25(13-5-6-15-28-21-22-11-7-12-23-21)14-10-18(19)24-20(26)17-8-3-2-4-9-17/h2-4,7-9,11-12,18-19H,5-6,10,13-16H2,1H3,(H,24,26). The van der Waals surface area contributed by atoms with Gasteiger partial charge in [0, 0.05) is 43.9 Å². The fourth-order valence-corrected chi connectivity index (χ4v) is 4.19. The Kier molecular flexibility index (Phi) is 8.26. The minimum absolute atomic E-state index is 0.0218. The number of ether oxygens (including phenoxy) is 1. The third-order valence-electron chi connectivity index (χ3n) is 4.94. The maximum atomic E-state index is 12.4. The summed E-state index contributed by atoms with van der Waals surface area (Å²) in [6.07, 6.45) is 6.75. The molecule has 2 atom stereocenters. The maximum Gasteiger partial charge on any atom is 0.251 e. The summed E-state index contributed by atoms with van der Waals surface area (Å²) in [5.41, 5.74) is 0.694. The summed E-state index contributed by atoms with van der Waals surface area (Å²) >= 11 is 1.70. The summed E-state index contributed by atoms with van der Waals surface area (Å²) in [6, 6.07) is 11.2. The fourth-order valence-electron chi connectivity index (χ4n) is 3.39. The third kappa shape index (κ3) is 6.29. The van der Waals surface area contributed by atoms with Crippen LogP contribution in [0.3, 0.4) is 0 Å². The van der Waals surface area contributed by atoms with Gasteiger partial charge in [0.05, 0.1) is 12.1 Å². The van der Waals surface area contributed by atoms with Gasteiger partial charge in [-0.05, 0) is 44.0 Å². The van der Waals surface area contributed by atoms with E-state index in [1.165, 1.54) is 0 Å². The van der Waals surface area contributed by atoms with Crippen LogP contribution < -0.4 is 5.32 Å². The zero-order valence-corrected chi connectivity index (χ0v) is 17.1. The Morgan fingerprint density at radius 2 is 2.00 bits per heavy atom. The lowest BCUT2D eigenvalue weighted by Gasteiger charge is -2.38. The summed E-state index contributed by atoms with van der Waals surface area (Å²) in [5, 5.41) is 3.99. The van der Waals surface area contributed by atoms with Crippen LogP contribution >= 0.6 is 11.8 Å². The van der Waals surface area contributed by atoms with Gasteiger partial charge in [-0.1, -0.05) is 30.0 Å². The Labute approximate surface area is 171 Å². The van der Waals surface area contributed by atoms with Gasteiger partial charge >= 0.3 is 0 Å². The molecule has 1 aromatic carbocycles. The number of unbranched alkanes of at least 4 members (excludes halogenated alkanes) is 1. The van der Waals surface area contributed by atoms with Gasteiger partial charge in [0.25, 0.3) is 5.91 Å². The summed E-state index contributed by atoms with van der Waals surface area (Å²) in [6.45, 7) is 2.88. The maximum absolute atomic E-state index is 12.4. The number of nitrogens with one attached hydrogen (secondary N) is 1. The van der Waals surface area contributed by atoms with Gasteiger partial charge in [-0.25, -0.2) is 9.97 Å². The van der Waals surface area contributed by atoms with E-state index < -0.39 is 0 Å². The molecule has 2 unspecified atom stereocenters. The summed E-state index contributed by atoms with van der Waals surface area (Å²) in [4.78, 5) is 23.3. The van der Waals surface area contributed by atoms with Crippen LogP contribution in [0.15, 0.2) is 53.9 Å². The Bertz CT molecular complexity index is 717. The molecule has 0 aliphatic carbocycles. The first-order valence-corrected chi connectivity index (χ1v) is 10.8. The zero-order valence-electron chi connectivity index (χ0n) is 16.3. The molecule has 0 saturated carbocycles. The van der Waals surface area contributed by atoms with Gasteiger partial charge < -0.3 is 15.0 Å². The highest BCUT2D eigenvalue weighted by Crippen LogP contribution is 2.17. The fraction of sp³-hybridized carbons (Fsp3) is 0.476. The van der Waals surface area contributed by atoms with Gasteiger partial charge in [0.15, 0.2) is 5.16 Å². The van der Waals surface area contributed by atoms with Crippen LogP contribution in [0.4, 0.5) is 0 Å². The van der Waals surface area contributed by atoms with Crippen molar-refractivity contribution in [2.24, 2.45) is 0 Å². The van der Waals surface area contributed by atoms with E-state index in [4.69, 9.17) is 4.74 Å². The number of methoxy groups -OCH3 is 1. The number of benzene rings is 1. The molecule has 150 valence electrons. The van der Waals surface area contributed by atoms with E-state index in [0.717, 1.165) is 49.8 Å². The van der Waals surface area contributed by atoms with E-state index in [9.17, 15) is 4.79 Å². The molecule has 28 heavy (non-hydrogen) atoms. The smallest absolute Gasteiger partial charge is 0.251 e. The highest BCUT2D eigenvalue weighted by atomic mass is 32.2. The summed E-state index contributed by atoms with van der Waals surface area (Å²) < 4.78 is 5.68. The Morgan fingerprint density at radius 1 is 1.21 bits per heavy atom. The second-order valence-corrected chi connectivity index (χ2v) is 7.96. The molecule has 7 heteroatoms. The number of rotatable bonds is 9. The number of hydrogen-bond acceptors (Lipinski definition) is 6. The van der Waals surface area contributed by atoms with E-state index in [2.05, 4.69) is 20.2 Å². The molecular weight excluding hydrogens is 372 g/mol. The van der Waals surface area contributed by atoms with Crippen molar-refractivity contribution in [1.82, 2.24) is 20.2 Å². The second kappa shape index (κ2) is 11.1. The molecule has 0 bridgehead atoms. The number of aromatic nitrogens is 2. The molecule has 0 radical (unpaired) electrons. The Morgan fingerprint density at radius 3 is 2.75 bits per heavy atom. The molecule has 1 aliphatic heterocycles. The Balaban J connectivity index is 1.37. The largest absolute Gasteiger partial charge is 0.378 e. The minimum atomic E-state index is -0.0266. The number of amides is 1. The lowest BCUT2D eigenvalue weighted by molar-refractivity contribution is 0.00614. The van der Waals surface area contributed by atoms with Crippen molar-refractivity contribution in [2.45, 2.75) is 36.6 Å². The van der Waals surface area contributed by atoms with E-state index in [1.807, 2.05) is 36.4 Å². The van der Waals surface area contributed by atoms with Crippen molar-refractivity contribution in [3.63, 3.8) is 0 Å². The lowest BCUT2D eigenvalue weighted by atomic mass is 10.0. The van der Waals surface area contributed by atoms with Crippen LogP contribution in [-0.2, 0) is 4.74 Å². The van der Waals surface area contributed by atoms with Gasteiger partial charge in [-0.15, -0.1) is 0 Å². The number of hydrogen-bond donors (Lipinski definition) is 1. The molecule has 3 rings (SSSR count). The van der Waals surface area contributed by atoms with Crippen molar-refractivity contribution in [3.8, 4) is 0 Å². The van der Waals surface area contributed by atoms with Crippen molar-refractivity contribution in [3.05, 3.63) is 54.4 Å². The third-order valence-corrected chi connectivity index (χ3v) is 5.90. The predicted molar refractivity (Wildman–Crippen MR) is 112 cm³/mol. The quantitative estimate of drug-likeness (QED) is 0.397. The molecule has 1 N–H and O–H groups in total. The van der Waals surface area contributed by atoms with Gasteiger partial charge in [0.1, 0.15) is 0 Å². The average molecular weight is 401 g/mol. The normalized spacial score (nSPS) is 20.0. The highest BCUT2D eigenvalue weighted by molar-refractivity contribution is 7.99. The molecule has 2 aromatic rings. The SMILES string of the molecule is COC1CN(CCCCSc2ncccn2)CCC1NC(=O)c1ccccc1. The first-order valence-electron chi connectivity index (χ1n) is 9.77. The molecule has 1 aromatic heterocycles. The van der Waals surface area contributed by atoms with Crippen LogP contribution in [0.1, 0.15) is 29.6 Å². The molecule has 1 amide bonds.